The Bertz CT molecular complexity index is 1040. The van der Waals surface area contributed by atoms with E-state index in [1.54, 1.807) is 0 Å². The van der Waals surface area contributed by atoms with Crippen molar-refractivity contribution in [3.8, 4) is 0 Å². The molecular weight excluding hydrogens is 440 g/mol. The number of fused-ring (bicyclic) bond motifs is 1. The molecule has 2 fully saturated rings. The molecule has 35 heavy (non-hydrogen) atoms. The highest BCUT2D eigenvalue weighted by Gasteiger charge is 2.34. The van der Waals surface area contributed by atoms with E-state index in [-0.39, 0.29) is 29.9 Å². The van der Waals surface area contributed by atoms with Crippen LogP contribution in [-0.2, 0) is 4.79 Å². The molecule has 1 aliphatic carbocycles. The molecule has 1 saturated carbocycles. The molecule has 0 bridgehead atoms. The lowest BCUT2D eigenvalue weighted by Crippen LogP contribution is -2.51. The molecule has 1 heterocycles. The van der Waals surface area contributed by atoms with Gasteiger partial charge in [-0.15, -0.1) is 0 Å². The van der Waals surface area contributed by atoms with E-state index in [4.69, 9.17) is 11.1 Å². The Morgan fingerprint density at radius 2 is 1.83 bits per heavy atom. The first-order valence-electron chi connectivity index (χ1n) is 12.9. The second-order valence-electron chi connectivity index (χ2n) is 9.78. The SMILES string of the molecule is N=C(N)NCCC[C@@H]1N[C@H](CNC(=O)c2ccc3ccccc3c2)CCN(C2CCCCC2)C1=O. The van der Waals surface area contributed by atoms with Gasteiger partial charge in [-0.25, -0.2) is 0 Å². The van der Waals surface area contributed by atoms with E-state index in [2.05, 4.69) is 20.9 Å². The van der Waals surface area contributed by atoms with Crippen LogP contribution in [0.3, 0.4) is 0 Å². The summed E-state index contributed by atoms with van der Waals surface area (Å²) in [7, 11) is 0. The molecule has 8 heteroatoms. The summed E-state index contributed by atoms with van der Waals surface area (Å²) >= 11 is 0. The van der Waals surface area contributed by atoms with E-state index in [0.717, 1.165) is 43.0 Å². The van der Waals surface area contributed by atoms with Crippen LogP contribution in [0, 0.1) is 5.41 Å². The zero-order chi connectivity index (χ0) is 24.6. The summed E-state index contributed by atoms with van der Waals surface area (Å²) in [6.45, 7) is 1.75. The number of hydrogen-bond donors (Lipinski definition) is 5. The van der Waals surface area contributed by atoms with Crippen LogP contribution in [0.2, 0.25) is 0 Å². The van der Waals surface area contributed by atoms with Crippen molar-refractivity contribution in [2.24, 2.45) is 5.73 Å². The molecule has 1 saturated heterocycles. The summed E-state index contributed by atoms with van der Waals surface area (Å²) in [5, 5.41) is 18.9. The average Bonchev–Trinajstić information content (AvgIpc) is 3.03. The Morgan fingerprint density at radius 1 is 1.06 bits per heavy atom. The van der Waals surface area contributed by atoms with Gasteiger partial charge in [-0.3, -0.25) is 15.0 Å². The van der Waals surface area contributed by atoms with E-state index in [1.165, 1.54) is 19.3 Å². The van der Waals surface area contributed by atoms with Gasteiger partial charge in [0.1, 0.15) is 0 Å². The standard InChI is InChI=1S/C27H38N6O2/c28-27(29)30-15-6-11-24-26(35)33(23-9-2-1-3-10-23)16-14-22(32-24)18-31-25(34)21-13-12-19-7-4-5-8-20(19)17-21/h4-5,7-8,12-13,17,22-24,32H,1-3,6,9-11,14-16,18H2,(H,31,34)(H4,28,29,30)/t22-,24-/m0/s1. The highest BCUT2D eigenvalue weighted by atomic mass is 16.2. The van der Waals surface area contributed by atoms with Gasteiger partial charge in [0.05, 0.1) is 6.04 Å². The van der Waals surface area contributed by atoms with E-state index >= 15 is 0 Å². The monoisotopic (exact) mass is 478 g/mol. The molecule has 2 aromatic carbocycles. The Labute approximate surface area is 207 Å². The van der Waals surface area contributed by atoms with Crippen molar-refractivity contribution in [3.05, 3.63) is 48.0 Å². The number of nitrogens with one attached hydrogen (secondary N) is 4. The zero-order valence-corrected chi connectivity index (χ0v) is 20.4. The number of hydrogen-bond acceptors (Lipinski definition) is 4. The third kappa shape index (κ3) is 6.72. The number of guanidine groups is 1. The molecule has 6 N–H and O–H groups in total. The summed E-state index contributed by atoms with van der Waals surface area (Å²) < 4.78 is 0. The van der Waals surface area contributed by atoms with Gasteiger partial charge in [0.2, 0.25) is 5.91 Å². The fourth-order valence-electron chi connectivity index (χ4n) is 5.35. The maximum absolute atomic E-state index is 13.5. The van der Waals surface area contributed by atoms with E-state index in [9.17, 15) is 9.59 Å². The number of nitrogens with zero attached hydrogens (tertiary/aromatic N) is 1. The van der Waals surface area contributed by atoms with Crippen molar-refractivity contribution in [2.75, 3.05) is 19.6 Å². The molecule has 188 valence electrons. The van der Waals surface area contributed by atoms with Gasteiger partial charge in [-0.05, 0) is 55.0 Å². The molecular formula is C27H38N6O2. The lowest BCUT2D eigenvalue weighted by Gasteiger charge is -2.35. The lowest BCUT2D eigenvalue weighted by molar-refractivity contribution is -0.135. The molecule has 2 amide bonds. The molecule has 0 aromatic heterocycles. The highest BCUT2D eigenvalue weighted by molar-refractivity contribution is 5.98. The third-order valence-corrected chi connectivity index (χ3v) is 7.26. The van der Waals surface area contributed by atoms with Crippen LogP contribution >= 0.6 is 0 Å². The maximum Gasteiger partial charge on any atom is 0.251 e. The third-order valence-electron chi connectivity index (χ3n) is 7.26. The molecule has 1 aliphatic heterocycles. The first-order chi connectivity index (χ1) is 17.0. The number of rotatable bonds is 8. The van der Waals surface area contributed by atoms with E-state index < -0.39 is 0 Å². The minimum Gasteiger partial charge on any atom is -0.370 e. The van der Waals surface area contributed by atoms with Crippen molar-refractivity contribution in [2.45, 2.75) is 69.5 Å². The maximum atomic E-state index is 13.5. The first-order valence-corrected chi connectivity index (χ1v) is 12.9. The van der Waals surface area contributed by atoms with Crippen molar-refractivity contribution in [1.29, 1.82) is 5.41 Å². The van der Waals surface area contributed by atoms with Gasteiger partial charge in [0, 0.05) is 37.3 Å². The van der Waals surface area contributed by atoms with Crippen molar-refractivity contribution in [1.82, 2.24) is 20.9 Å². The molecule has 2 aliphatic rings. The number of nitrogens with two attached hydrogens (primary N) is 1. The number of benzene rings is 2. The van der Waals surface area contributed by atoms with Crippen LogP contribution < -0.4 is 21.7 Å². The van der Waals surface area contributed by atoms with Crippen molar-refractivity contribution >= 4 is 28.5 Å². The predicted molar refractivity (Wildman–Crippen MR) is 139 cm³/mol. The van der Waals surface area contributed by atoms with Crippen molar-refractivity contribution < 1.29 is 9.59 Å². The smallest absolute Gasteiger partial charge is 0.251 e. The zero-order valence-electron chi connectivity index (χ0n) is 20.4. The topological polar surface area (TPSA) is 123 Å². The molecule has 2 aromatic rings. The van der Waals surface area contributed by atoms with Gasteiger partial charge >= 0.3 is 0 Å². The Balaban J connectivity index is 1.39. The fourth-order valence-corrected chi connectivity index (χ4v) is 5.35. The van der Waals surface area contributed by atoms with Gasteiger partial charge < -0.3 is 26.6 Å². The molecule has 8 nitrogen and oxygen atoms in total. The van der Waals surface area contributed by atoms with Crippen LogP contribution in [0.4, 0.5) is 0 Å². The lowest BCUT2D eigenvalue weighted by atomic mass is 9.93. The molecule has 4 rings (SSSR count). The number of carbonyl (C=O) groups excluding carboxylic acids is 2. The van der Waals surface area contributed by atoms with Crippen molar-refractivity contribution in [3.63, 3.8) is 0 Å². The summed E-state index contributed by atoms with van der Waals surface area (Å²) in [4.78, 5) is 28.5. The van der Waals surface area contributed by atoms with Gasteiger partial charge in [0.25, 0.3) is 5.91 Å². The Kier molecular flexibility index (Phi) is 8.58. The van der Waals surface area contributed by atoms with Crippen LogP contribution in [-0.4, -0.2) is 60.4 Å². The minimum absolute atomic E-state index is 0.0164. The highest BCUT2D eigenvalue weighted by Crippen LogP contribution is 2.25. The van der Waals surface area contributed by atoms with Crippen LogP contribution in [0.15, 0.2) is 42.5 Å². The van der Waals surface area contributed by atoms with Gasteiger partial charge in [0.15, 0.2) is 5.96 Å². The number of carbonyl (C=O) groups is 2. The summed E-state index contributed by atoms with van der Waals surface area (Å²) in [5.41, 5.74) is 6.04. The summed E-state index contributed by atoms with van der Waals surface area (Å²) in [5.74, 6) is 0.0193. The molecule has 2 atom stereocenters. The van der Waals surface area contributed by atoms with E-state index in [1.807, 2.05) is 42.5 Å². The fraction of sp³-hybridized carbons (Fsp3) is 0.519. The minimum atomic E-state index is -0.296. The normalized spacial score (nSPS) is 21.5. The summed E-state index contributed by atoms with van der Waals surface area (Å²) in [6.07, 6.45) is 7.97. The first kappa shape index (κ1) is 25.0. The largest absolute Gasteiger partial charge is 0.370 e. The molecule has 0 radical (unpaired) electrons. The quantitative estimate of drug-likeness (QED) is 0.227. The number of amides is 2. The second kappa shape index (κ2) is 12.0. The summed E-state index contributed by atoms with van der Waals surface area (Å²) in [6, 6.07) is 13.8. The predicted octanol–water partition coefficient (Wildman–Crippen LogP) is 2.72. The van der Waals surface area contributed by atoms with Gasteiger partial charge in [-0.1, -0.05) is 49.6 Å². The Hall–Kier alpha value is -3.13. The van der Waals surface area contributed by atoms with Crippen LogP contribution in [0.25, 0.3) is 10.8 Å². The average molecular weight is 479 g/mol. The Morgan fingerprint density at radius 3 is 2.60 bits per heavy atom. The van der Waals surface area contributed by atoms with E-state index in [0.29, 0.717) is 31.1 Å². The van der Waals surface area contributed by atoms with Crippen LogP contribution in [0.5, 0.6) is 0 Å². The molecule has 0 spiro atoms. The second-order valence-corrected chi connectivity index (χ2v) is 9.78. The van der Waals surface area contributed by atoms with Crippen LogP contribution in [0.1, 0.15) is 61.7 Å². The molecule has 0 unspecified atom stereocenters. The van der Waals surface area contributed by atoms with Gasteiger partial charge in [-0.2, -0.15) is 0 Å².